The van der Waals surface area contributed by atoms with Crippen LogP contribution < -0.4 is 10.5 Å². The van der Waals surface area contributed by atoms with Gasteiger partial charge in [-0.05, 0) is 30.9 Å². The van der Waals surface area contributed by atoms with Crippen molar-refractivity contribution in [1.29, 1.82) is 0 Å². The van der Waals surface area contributed by atoms with Gasteiger partial charge in [-0.3, -0.25) is 0 Å². The van der Waals surface area contributed by atoms with Crippen molar-refractivity contribution in [1.82, 2.24) is 0 Å². The number of aryl methyl sites for hydroxylation is 1. The van der Waals surface area contributed by atoms with Gasteiger partial charge in [0.1, 0.15) is 5.75 Å². The highest BCUT2D eigenvalue weighted by atomic mass is 16.5. The van der Waals surface area contributed by atoms with Gasteiger partial charge in [-0.25, -0.2) is 0 Å². The Morgan fingerprint density at radius 1 is 1.47 bits per heavy atom. The van der Waals surface area contributed by atoms with Crippen molar-refractivity contribution in [3.8, 4) is 5.75 Å². The van der Waals surface area contributed by atoms with Crippen LogP contribution in [0.2, 0.25) is 0 Å². The lowest BCUT2D eigenvalue weighted by atomic mass is 10.1. The summed E-state index contributed by atoms with van der Waals surface area (Å²) in [6.45, 7) is 6.87. The average molecular weight is 236 g/mol. The molecule has 0 unspecified atom stereocenters. The quantitative estimate of drug-likeness (QED) is 0.357. The van der Waals surface area contributed by atoms with Crippen molar-refractivity contribution in [2.75, 3.05) is 6.61 Å². The van der Waals surface area contributed by atoms with E-state index in [4.69, 9.17) is 15.7 Å². The van der Waals surface area contributed by atoms with Crippen molar-refractivity contribution < 1.29 is 9.94 Å². The minimum Gasteiger partial charge on any atom is -0.493 e. The monoisotopic (exact) mass is 236 g/mol. The van der Waals surface area contributed by atoms with E-state index in [1.54, 1.807) is 6.07 Å². The van der Waals surface area contributed by atoms with Crippen LogP contribution in [0.4, 0.5) is 0 Å². The first-order valence-electron chi connectivity index (χ1n) is 5.76. The molecule has 0 bridgehead atoms. The minimum atomic E-state index is 0.0771. The third kappa shape index (κ3) is 3.66. The van der Waals surface area contributed by atoms with Gasteiger partial charge in [0.05, 0.1) is 12.2 Å². The van der Waals surface area contributed by atoms with E-state index in [0.29, 0.717) is 23.8 Å². The summed E-state index contributed by atoms with van der Waals surface area (Å²) in [5, 5.41) is 11.7. The predicted octanol–water partition coefficient (Wildman–Crippen LogP) is 2.51. The lowest BCUT2D eigenvalue weighted by Crippen LogP contribution is -2.16. The molecule has 0 aliphatic rings. The van der Waals surface area contributed by atoms with Crippen LogP contribution >= 0.6 is 0 Å². The van der Waals surface area contributed by atoms with Gasteiger partial charge in [-0.2, -0.15) is 0 Å². The zero-order chi connectivity index (χ0) is 12.8. The number of ether oxygens (including phenoxy) is 1. The molecule has 0 radical (unpaired) electrons. The lowest BCUT2D eigenvalue weighted by molar-refractivity contribution is 0.286. The molecule has 1 aromatic rings. The number of rotatable bonds is 5. The number of nitrogens with zero attached hydrogens (tertiary/aromatic N) is 1. The summed E-state index contributed by atoms with van der Waals surface area (Å²) in [6.07, 6.45) is 0.976. The Balaban J connectivity index is 2.88. The topological polar surface area (TPSA) is 67.8 Å². The van der Waals surface area contributed by atoms with E-state index >= 15 is 0 Å². The van der Waals surface area contributed by atoms with Crippen LogP contribution in [0.15, 0.2) is 23.4 Å². The number of benzene rings is 1. The third-order valence-corrected chi connectivity index (χ3v) is 2.54. The van der Waals surface area contributed by atoms with Crippen LogP contribution in [0.3, 0.4) is 0 Å². The number of hydrogen-bond donors (Lipinski definition) is 2. The van der Waals surface area contributed by atoms with Gasteiger partial charge in [0.15, 0.2) is 5.84 Å². The highest BCUT2D eigenvalue weighted by molar-refractivity contribution is 5.99. The van der Waals surface area contributed by atoms with E-state index in [1.165, 1.54) is 0 Å². The Morgan fingerprint density at radius 3 is 2.76 bits per heavy atom. The molecule has 17 heavy (non-hydrogen) atoms. The van der Waals surface area contributed by atoms with Crippen molar-refractivity contribution in [3.63, 3.8) is 0 Å². The molecule has 1 aromatic carbocycles. The van der Waals surface area contributed by atoms with E-state index in [-0.39, 0.29) is 5.84 Å². The summed E-state index contributed by atoms with van der Waals surface area (Å²) in [5.41, 5.74) is 7.24. The number of nitrogens with two attached hydrogens (primary N) is 1. The van der Waals surface area contributed by atoms with Crippen molar-refractivity contribution >= 4 is 5.84 Å². The molecule has 0 amide bonds. The van der Waals surface area contributed by atoms with Crippen LogP contribution in [0, 0.1) is 12.8 Å². The fourth-order valence-corrected chi connectivity index (χ4v) is 1.50. The molecule has 1 rings (SSSR count). The number of oxime groups is 1. The van der Waals surface area contributed by atoms with E-state index in [0.717, 1.165) is 12.0 Å². The second kappa shape index (κ2) is 6.13. The molecule has 0 aliphatic heterocycles. The van der Waals surface area contributed by atoms with Crippen LogP contribution in [-0.2, 0) is 0 Å². The Hall–Kier alpha value is -1.71. The predicted molar refractivity (Wildman–Crippen MR) is 68.6 cm³/mol. The van der Waals surface area contributed by atoms with Crippen LogP contribution in [-0.4, -0.2) is 17.6 Å². The Kier molecular flexibility index (Phi) is 4.82. The lowest BCUT2D eigenvalue weighted by Gasteiger charge is -2.14. The van der Waals surface area contributed by atoms with Crippen LogP contribution in [0.5, 0.6) is 5.75 Å². The van der Waals surface area contributed by atoms with Crippen LogP contribution in [0.25, 0.3) is 0 Å². The normalized spacial score (nSPS) is 11.9. The first-order valence-corrected chi connectivity index (χ1v) is 5.76. The molecule has 0 aliphatic carbocycles. The molecule has 0 spiro atoms. The number of amidine groups is 1. The summed E-state index contributed by atoms with van der Waals surface area (Å²) in [7, 11) is 0. The molecule has 0 fully saturated rings. The van der Waals surface area contributed by atoms with Crippen molar-refractivity contribution in [3.05, 3.63) is 29.3 Å². The molecule has 0 saturated heterocycles. The van der Waals surface area contributed by atoms with E-state index in [9.17, 15) is 0 Å². The van der Waals surface area contributed by atoms with Crippen molar-refractivity contribution in [2.45, 2.75) is 27.2 Å². The maximum Gasteiger partial charge on any atom is 0.173 e. The van der Waals surface area contributed by atoms with Crippen LogP contribution in [0.1, 0.15) is 31.4 Å². The molecule has 0 heterocycles. The van der Waals surface area contributed by atoms with Gasteiger partial charge >= 0.3 is 0 Å². The van der Waals surface area contributed by atoms with Gasteiger partial charge in [0.25, 0.3) is 0 Å². The molecular weight excluding hydrogens is 216 g/mol. The summed E-state index contributed by atoms with van der Waals surface area (Å²) >= 11 is 0. The molecule has 0 aromatic heterocycles. The Bertz CT molecular complexity index is 400. The molecule has 4 nitrogen and oxygen atoms in total. The SMILES string of the molecule is Cc1cccc(/C(N)=N/O)c1OCCC(C)C. The summed E-state index contributed by atoms with van der Waals surface area (Å²) in [5.74, 6) is 1.36. The molecule has 94 valence electrons. The van der Waals surface area contributed by atoms with E-state index < -0.39 is 0 Å². The fraction of sp³-hybridized carbons (Fsp3) is 0.462. The second-order valence-electron chi connectivity index (χ2n) is 4.47. The zero-order valence-corrected chi connectivity index (χ0v) is 10.6. The zero-order valence-electron chi connectivity index (χ0n) is 10.6. The van der Waals surface area contributed by atoms with Gasteiger partial charge in [0, 0.05) is 0 Å². The first-order chi connectivity index (χ1) is 8.06. The molecule has 3 N–H and O–H groups in total. The van der Waals surface area contributed by atoms with Gasteiger partial charge in [-0.1, -0.05) is 31.1 Å². The largest absolute Gasteiger partial charge is 0.493 e. The Labute approximate surface area is 102 Å². The van der Waals surface area contributed by atoms with E-state index in [1.807, 2.05) is 19.1 Å². The first kappa shape index (κ1) is 13.4. The van der Waals surface area contributed by atoms with E-state index in [2.05, 4.69) is 19.0 Å². The number of para-hydroxylation sites is 1. The van der Waals surface area contributed by atoms with Gasteiger partial charge in [0.2, 0.25) is 0 Å². The fourth-order valence-electron chi connectivity index (χ4n) is 1.50. The average Bonchev–Trinajstić information content (AvgIpc) is 2.29. The minimum absolute atomic E-state index is 0.0771. The molecule has 4 heteroatoms. The maximum absolute atomic E-state index is 8.72. The Morgan fingerprint density at radius 2 is 2.18 bits per heavy atom. The summed E-state index contributed by atoms with van der Waals surface area (Å²) in [4.78, 5) is 0. The smallest absolute Gasteiger partial charge is 0.173 e. The third-order valence-electron chi connectivity index (χ3n) is 2.54. The number of hydrogen-bond acceptors (Lipinski definition) is 3. The maximum atomic E-state index is 8.72. The highest BCUT2D eigenvalue weighted by Gasteiger charge is 2.10. The van der Waals surface area contributed by atoms with Crippen molar-refractivity contribution in [2.24, 2.45) is 16.8 Å². The van der Waals surface area contributed by atoms with Gasteiger partial charge in [-0.15, -0.1) is 0 Å². The molecule has 0 atom stereocenters. The standard InChI is InChI=1S/C13H20N2O2/c1-9(2)7-8-17-12-10(3)5-4-6-11(12)13(14)15-16/h4-6,9,16H,7-8H2,1-3H3,(H2,14,15). The molecular formula is C13H20N2O2. The second-order valence-corrected chi connectivity index (χ2v) is 4.47. The summed E-state index contributed by atoms with van der Waals surface area (Å²) in [6, 6.07) is 5.59. The molecule has 0 saturated carbocycles. The van der Waals surface area contributed by atoms with Gasteiger partial charge < -0.3 is 15.7 Å². The highest BCUT2D eigenvalue weighted by Crippen LogP contribution is 2.23. The summed E-state index contributed by atoms with van der Waals surface area (Å²) < 4.78 is 5.73.